The van der Waals surface area contributed by atoms with Crippen LogP contribution in [-0.4, -0.2) is 46.2 Å². The Morgan fingerprint density at radius 2 is 0.667 bits per heavy atom. The van der Waals surface area contributed by atoms with Crippen LogP contribution in [0, 0.1) is 0 Å². The second-order valence-electron chi connectivity index (χ2n) is 23.3. The summed E-state index contributed by atoms with van der Waals surface area (Å²) in [7, 11) is 0. The largest absolute Gasteiger partial charge is 0.466 e. The molecule has 0 aromatic carbocycles. The number of unbranched alkanes of at least 4 members (excludes halogenated alkanes) is 42. The van der Waals surface area contributed by atoms with Crippen molar-refractivity contribution in [2.75, 3.05) is 18.1 Å². The second kappa shape index (κ2) is 55.4. The van der Waals surface area contributed by atoms with Gasteiger partial charge in [-0.3, -0.25) is 9.59 Å². The van der Waals surface area contributed by atoms with Gasteiger partial charge >= 0.3 is 11.9 Å². The maximum atomic E-state index is 14.1. The quantitative estimate of drug-likeness (QED) is 0.0447. The van der Waals surface area contributed by atoms with Crippen molar-refractivity contribution in [3.05, 3.63) is 0 Å². The lowest BCUT2D eigenvalue weighted by molar-refractivity contribution is -0.162. The molecule has 0 spiro atoms. The summed E-state index contributed by atoms with van der Waals surface area (Å²) in [6, 6.07) is 0. The number of thioether (sulfide) groups is 2. The van der Waals surface area contributed by atoms with Crippen LogP contribution in [-0.2, 0) is 19.1 Å². The van der Waals surface area contributed by atoms with E-state index in [4.69, 9.17) is 9.47 Å². The normalized spacial score (nSPS) is 17.3. The van der Waals surface area contributed by atoms with Crippen LogP contribution in [0.3, 0.4) is 0 Å². The van der Waals surface area contributed by atoms with E-state index < -0.39 is 0 Å². The molecule has 1 heterocycles. The number of carbonyl (C=O) groups is 2. The fraction of sp³-hybridized carbons (Fsp3) is 0.970. The molecule has 0 saturated carbocycles. The van der Waals surface area contributed by atoms with Gasteiger partial charge in [-0.1, -0.05) is 310 Å². The van der Waals surface area contributed by atoms with Crippen molar-refractivity contribution in [2.24, 2.45) is 0 Å². The lowest BCUT2D eigenvalue weighted by Crippen LogP contribution is -2.39. The van der Waals surface area contributed by atoms with Gasteiger partial charge in [0.25, 0.3) is 0 Å². The standard InChI is InChI=1S/C66H128O4S2/c1-5-9-13-17-21-23-25-27-29-31-33-35-37-41-45-49-56-66(57-50-46-42-38-36-34-32-30-28-26-24-22-18-14-10-6-2)61-63(52-48-44-40-20-16-12-8-4)72-62(51-47-43-39-19-15-11-7-3)53-58-69-64(67)54-59-71-60-55-65(68)70-66/h62-63H,5-61H2,1-4H3. The molecular formula is C66H128O4S2. The van der Waals surface area contributed by atoms with E-state index in [0.717, 1.165) is 31.4 Å². The van der Waals surface area contributed by atoms with Crippen LogP contribution in [0.15, 0.2) is 0 Å². The maximum Gasteiger partial charge on any atom is 0.307 e. The summed E-state index contributed by atoms with van der Waals surface area (Å²) in [5, 5.41) is 0.938. The Labute approximate surface area is 460 Å². The number of cyclic esters (lactones) is 2. The Morgan fingerprint density at radius 1 is 0.375 bits per heavy atom. The Morgan fingerprint density at radius 3 is 1.01 bits per heavy atom. The lowest BCUT2D eigenvalue weighted by Gasteiger charge is -2.38. The van der Waals surface area contributed by atoms with Crippen LogP contribution in [0.4, 0.5) is 0 Å². The predicted octanol–water partition coefficient (Wildman–Crippen LogP) is 23.2. The van der Waals surface area contributed by atoms with E-state index in [1.165, 1.54) is 308 Å². The molecule has 428 valence electrons. The van der Waals surface area contributed by atoms with Crippen LogP contribution in [0.25, 0.3) is 0 Å². The predicted molar refractivity (Wildman–Crippen MR) is 324 cm³/mol. The van der Waals surface area contributed by atoms with Gasteiger partial charge in [0, 0.05) is 22.0 Å². The Balaban J connectivity index is 3.08. The fourth-order valence-electron chi connectivity index (χ4n) is 11.4. The van der Waals surface area contributed by atoms with Crippen molar-refractivity contribution in [1.29, 1.82) is 0 Å². The molecule has 0 aromatic heterocycles. The first-order valence-corrected chi connectivity index (χ1v) is 35.2. The molecular weight excluding hydrogens is 921 g/mol. The van der Waals surface area contributed by atoms with Crippen molar-refractivity contribution in [3.63, 3.8) is 0 Å². The topological polar surface area (TPSA) is 52.6 Å². The van der Waals surface area contributed by atoms with E-state index in [2.05, 4.69) is 39.5 Å². The van der Waals surface area contributed by atoms with E-state index in [-0.39, 0.29) is 17.5 Å². The van der Waals surface area contributed by atoms with E-state index in [9.17, 15) is 9.59 Å². The highest BCUT2D eigenvalue weighted by Gasteiger charge is 2.37. The van der Waals surface area contributed by atoms with Crippen molar-refractivity contribution in [2.45, 2.75) is 391 Å². The minimum atomic E-state index is -0.375. The van der Waals surface area contributed by atoms with Gasteiger partial charge in [0.15, 0.2) is 0 Å². The molecule has 1 rings (SSSR count). The summed E-state index contributed by atoms with van der Waals surface area (Å²) in [6.45, 7) is 9.78. The SMILES string of the molecule is CCCCCCCCCCCCCCCCCCC1(CCCCCCCCCCCCCCCCCC)CC(CCCCCCCCC)SC(CCCCCCCCC)CCOC(=O)CCSCCC(=O)O1. The van der Waals surface area contributed by atoms with Gasteiger partial charge in [-0.25, -0.2) is 0 Å². The zero-order valence-corrected chi connectivity index (χ0v) is 51.0. The summed E-state index contributed by atoms with van der Waals surface area (Å²) in [4.78, 5) is 26.9. The number of ether oxygens (including phenoxy) is 2. The molecule has 72 heavy (non-hydrogen) atoms. The van der Waals surface area contributed by atoms with Crippen molar-refractivity contribution < 1.29 is 19.1 Å². The molecule has 2 unspecified atom stereocenters. The molecule has 1 aliphatic heterocycles. The van der Waals surface area contributed by atoms with Crippen molar-refractivity contribution >= 4 is 35.5 Å². The van der Waals surface area contributed by atoms with Gasteiger partial charge in [-0.15, -0.1) is 0 Å². The molecule has 0 aliphatic carbocycles. The first-order valence-electron chi connectivity index (χ1n) is 33.1. The number of rotatable bonds is 50. The zero-order valence-electron chi connectivity index (χ0n) is 49.4. The Kier molecular flexibility index (Phi) is 53.6. The molecule has 2 atom stereocenters. The molecule has 0 radical (unpaired) electrons. The first-order chi connectivity index (χ1) is 35.5. The van der Waals surface area contributed by atoms with Crippen molar-refractivity contribution in [3.8, 4) is 0 Å². The molecule has 1 aliphatic rings. The Hall–Kier alpha value is -0.360. The van der Waals surface area contributed by atoms with Gasteiger partial charge < -0.3 is 9.47 Å². The molecule has 0 amide bonds. The fourth-order valence-corrected chi connectivity index (χ4v) is 14.0. The van der Waals surface area contributed by atoms with Crippen LogP contribution in [0.5, 0.6) is 0 Å². The molecule has 1 saturated heterocycles. The highest BCUT2D eigenvalue weighted by atomic mass is 32.2. The van der Waals surface area contributed by atoms with Crippen LogP contribution >= 0.6 is 23.5 Å². The summed E-state index contributed by atoms with van der Waals surface area (Å²) >= 11 is 3.93. The lowest BCUT2D eigenvalue weighted by atomic mass is 9.84. The van der Waals surface area contributed by atoms with Gasteiger partial charge in [0.1, 0.15) is 5.60 Å². The summed E-state index contributed by atoms with van der Waals surface area (Å²) < 4.78 is 12.9. The molecule has 0 aromatic rings. The van der Waals surface area contributed by atoms with Gasteiger partial charge in [0.2, 0.25) is 0 Å². The third kappa shape index (κ3) is 46.9. The van der Waals surface area contributed by atoms with Crippen molar-refractivity contribution in [1.82, 2.24) is 0 Å². The van der Waals surface area contributed by atoms with E-state index >= 15 is 0 Å². The molecule has 0 N–H and O–H groups in total. The number of esters is 2. The van der Waals surface area contributed by atoms with E-state index in [1.807, 2.05) is 0 Å². The molecule has 0 bridgehead atoms. The van der Waals surface area contributed by atoms with Crippen LogP contribution in [0.2, 0.25) is 0 Å². The van der Waals surface area contributed by atoms with Gasteiger partial charge in [0.05, 0.1) is 19.4 Å². The molecule has 1 fully saturated rings. The summed E-state index contributed by atoms with van der Waals surface area (Å²) in [6.07, 6.45) is 70.0. The third-order valence-corrected chi connectivity index (χ3v) is 18.8. The summed E-state index contributed by atoms with van der Waals surface area (Å²) in [5.74, 6) is 1.36. The average molecular weight is 1050 g/mol. The van der Waals surface area contributed by atoms with Gasteiger partial charge in [-0.2, -0.15) is 23.5 Å². The highest BCUT2D eigenvalue weighted by Crippen LogP contribution is 2.40. The van der Waals surface area contributed by atoms with E-state index in [1.54, 1.807) is 11.8 Å². The van der Waals surface area contributed by atoms with Crippen LogP contribution < -0.4 is 0 Å². The maximum absolute atomic E-state index is 14.1. The minimum Gasteiger partial charge on any atom is -0.466 e. The molecule has 6 heteroatoms. The number of hydrogen-bond donors (Lipinski definition) is 0. The first kappa shape index (κ1) is 69.7. The number of hydrogen-bond acceptors (Lipinski definition) is 6. The second-order valence-corrected chi connectivity index (χ2v) is 26.1. The zero-order chi connectivity index (χ0) is 51.9. The Bertz CT molecular complexity index is 1080. The molecule has 4 nitrogen and oxygen atoms in total. The summed E-state index contributed by atoms with van der Waals surface area (Å²) in [5.41, 5.74) is -0.375. The minimum absolute atomic E-state index is 0.00412. The highest BCUT2D eigenvalue weighted by molar-refractivity contribution is 8.00. The smallest absolute Gasteiger partial charge is 0.307 e. The van der Waals surface area contributed by atoms with Crippen LogP contribution in [0.1, 0.15) is 374 Å². The average Bonchev–Trinajstić information content (AvgIpc) is 3.37. The van der Waals surface area contributed by atoms with Gasteiger partial charge in [-0.05, 0) is 51.4 Å². The van der Waals surface area contributed by atoms with E-state index in [0.29, 0.717) is 35.7 Å². The monoisotopic (exact) mass is 1050 g/mol. The third-order valence-electron chi connectivity index (χ3n) is 16.2. The number of carbonyl (C=O) groups excluding carboxylic acids is 2.